The topological polar surface area (TPSA) is 77.8 Å². The number of hydrogen-bond acceptors (Lipinski definition) is 3. The fourth-order valence-electron chi connectivity index (χ4n) is 5.88. The van der Waals surface area contributed by atoms with Gasteiger partial charge in [-0.1, -0.05) is 45.2 Å². The number of rotatable bonds is 8. The van der Waals surface area contributed by atoms with Crippen LogP contribution in [-0.4, -0.2) is 58.0 Å². The SMILES string of the molecule is CC(C)CN(CC1(F)CCCCC1)[C@@H]1CC[C@@H](CC(=O)O)C[C@H]1c1ccc(C(F)(F)F)cc1.O=C(O)C(F)(F)F. The van der Waals surface area contributed by atoms with Gasteiger partial charge in [-0.25, -0.2) is 9.18 Å². The molecule has 12 heteroatoms. The molecule has 0 spiro atoms. The van der Waals surface area contributed by atoms with Crippen LogP contribution in [0.25, 0.3) is 0 Å². The minimum atomic E-state index is -5.08. The van der Waals surface area contributed by atoms with Crippen LogP contribution in [0.15, 0.2) is 24.3 Å². The molecule has 1 aromatic carbocycles. The van der Waals surface area contributed by atoms with Gasteiger partial charge in [-0.2, -0.15) is 26.3 Å². The molecule has 0 amide bonds. The lowest BCUT2D eigenvalue weighted by Gasteiger charge is -2.46. The van der Waals surface area contributed by atoms with Crippen LogP contribution < -0.4 is 0 Å². The highest BCUT2D eigenvalue weighted by Gasteiger charge is 2.41. The van der Waals surface area contributed by atoms with E-state index in [0.29, 0.717) is 31.7 Å². The zero-order valence-corrected chi connectivity index (χ0v) is 22.7. The van der Waals surface area contributed by atoms with Crippen LogP contribution in [0.4, 0.5) is 30.7 Å². The van der Waals surface area contributed by atoms with Crippen LogP contribution in [0.1, 0.15) is 88.7 Å². The predicted octanol–water partition coefficient (Wildman–Crippen LogP) is 7.70. The summed E-state index contributed by atoms with van der Waals surface area (Å²) < 4.78 is 86.8. The van der Waals surface area contributed by atoms with Gasteiger partial charge < -0.3 is 10.2 Å². The van der Waals surface area contributed by atoms with E-state index in [9.17, 15) is 36.2 Å². The van der Waals surface area contributed by atoms with E-state index in [-0.39, 0.29) is 24.3 Å². The average molecular weight is 586 g/mol. The molecule has 3 rings (SSSR count). The standard InChI is InChI=1S/C26H37F4NO2.C2HF3O2/c1-18(2)16-31(17-25(27)12-4-3-5-13-25)23-11-6-19(15-24(32)33)14-22(23)20-7-9-21(10-8-20)26(28,29)30;3-2(4,5)1(6)7/h7-10,18-19,22-23H,3-6,11-17H2,1-2H3,(H,32,33);(H,6,7)/t19-,22+,23-;/m1./s1. The molecule has 0 heterocycles. The molecule has 2 saturated carbocycles. The molecular formula is C28H38F7NO4. The lowest BCUT2D eigenvalue weighted by molar-refractivity contribution is -0.192. The van der Waals surface area contributed by atoms with E-state index in [1.807, 2.05) is 0 Å². The number of aliphatic carboxylic acids is 2. The lowest BCUT2D eigenvalue weighted by Crippen LogP contribution is -2.51. The number of hydrogen-bond donors (Lipinski definition) is 2. The van der Waals surface area contributed by atoms with Gasteiger partial charge in [0.05, 0.1) is 5.56 Å². The van der Waals surface area contributed by atoms with Gasteiger partial charge in [0.15, 0.2) is 0 Å². The van der Waals surface area contributed by atoms with E-state index < -0.39 is 35.5 Å². The van der Waals surface area contributed by atoms with E-state index in [1.54, 1.807) is 0 Å². The number of carbonyl (C=O) groups is 2. The largest absolute Gasteiger partial charge is 0.490 e. The summed E-state index contributed by atoms with van der Waals surface area (Å²) in [6.45, 7) is 5.26. The molecule has 5 nitrogen and oxygen atoms in total. The van der Waals surface area contributed by atoms with E-state index in [2.05, 4.69) is 18.7 Å². The van der Waals surface area contributed by atoms with Crippen molar-refractivity contribution in [1.82, 2.24) is 4.90 Å². The van der Waals surface area contributed by atoms with Crippen molar-refractivity contribution in [1.29, 1.82) is 0 Å². The number of benzene rings is 1. The second-order valence-electron chi connectivity index (χ2n) is 11.4. The van der Waals surface area contributed by atoms with E-state index in [0.717, 1.165) is 56.3 Å². The molecule has 2 aliphatic rings. The van der Waals surface area contributed by atoms with Crippen molar-refractivity contribution >= 4 is 11.9 Å². The van der Waals surface area contributed by atoms with Crippen LogP contribution in [0.2, 0.25) is 0 Å². The Morgan fingerprint density at radius 1 is 0.975 bits per heavy atom. The monoisotopic (exact) mass is 585 g/mol. The van der Waals surface area contributed by atoms with Crippen molar-refractivity contribution in [3.8, 4) is 0 Å². The summed E-state index contributed by atoms with van der Waals surface area (Å²) in [4.78, 5) is 22.5. The third-order valence-electron chi connectivity index (χ3n) is 7.60. The van der Waals surface area contributed by atoms with Crippen molar-refractivity contribution in [2.45, 2.75) is 102 Å². The highest BCUT2D eigenvalue weighted by molar-refractivity contribution is 5.73. The first-order chi connectivity index (χ1) is 18.4. The first-order valence-electron chi connectivity index (χ1n) is 13.5. The number of carboxylic acids is 2. The fraction of sp³-hybridized carbons (Fsp3) is 0.714. The number of halogens is 7. The summed E-state index contributed by atoms with van der Waals surface area (Å²) in [6.07, 6.45) is -3.42. The van der Waals surface area contributed by atoms with Crippen molar-refractivity contribution in [2.75, 3.05) is 13.1 Å². The second kappa shape index (κ2) is 14.0. The van der Waals surface area contributed by atoms with Gasteiger partial charge in [-0.3, -0.25) is 9.69 Å². The maximum Gasteiger partial charge on any atom is 0.490 e. The summed E-state index contributed by atoms with van der Waals surface area (Å²) in [6, 6.07) is 5.27. The third kappa shape index (κ3) is 10.6. The zero-order chi connectivity index (χ0) is 30.3. The van der Waals surface area contributed by atoms with Crippen LogP contribution in [-0.2, 0) is 15.8 Å². The normalized spacial score (nSPS) is 23.4. The Balaban J connectivity index is 0.000000708. The number of nitrogens with zero attached hydrogens (tertiary/aromatic N) is 1. The van der Waals surface area contributed by atoms with Crippen molar-refractivity contribution in [2.24, 2.45) is 11.8 Å². The smallest absolute Gasteiger partial charge is 0.481 e. The Morgan fingerprint density at radius 2 is 1.52 bits per heavy atom. The Kier molecular flexibility index (Phi) is 11.8. The lowest BCUT2D eigenvalue weighted by atomic mass is 9.72. The molecule has 0 radical (unpaired) electrons. The highest BCUT2D eigenvalue weighted by atomic mass is 19.4. The highest BCUT2D eigenvalue weighted by Crippen LogP contribution is 2.43. The maximum absolute atomic E-state index is 15.7. The molecule has 0 aromatic heterocycles. The van der Waals surface area contributed by atoms with Gasteiger partial charge >= 0.3 is 24.3 Å². The third-order valence-corrected chi connectivity index (χ3v) is 7.60. The molecule has 40 heavy (non-hydrogen) atoms. The van der Waals surface area contributed by atoms with Crippen molar-refractivity contribution in [3.05, 3.63) is 35.4 Å². The fourth-order valence-corrected chi connectivity index (χ4v) is 5.88. The molecular weight excluding hydrogens is 547 g/mol. The molecule has 3 atom stereocenters. The van der Waals surface area contributed by atoms with Crippen LogP contribution in [0, 0.1) is 11.8 Å². The van der Waals surface area contributed by atoms with Gasteiger partial charge in [-0.15, -0.1) is 0 Å². The van der Waals surface area contributed by atoms with Crippen molar-refractivity contribution < 1.29 is 50.5 Å². The second-order valence-corrected chi connectivity index (χ2v) is 11.4. The first kappa shape index (κ1) is 33.8. The van der Waals surface area contributed by atoms with Gasteiger partial charge in [-0.05, 0) is 67.6 Å². The minimum Gasteiger partial charge on any atom is -0.481 e. The molecule has 2 aliphatic carbocycles. The minimum absolute atomic E-state index is 0.0104. The Morgan fingerprint density at radius 3 is 1.98 bits per heavy atom. The van der Waals surface area contributed by atoms with Gasteiger partial charge in [0.25, 0.3) is 0 Å². The number of alkyl halides is 7. The molecule has 0 aliphatic heterocycles. The molecule has 228 valence electrons. The summed E-state index contributed by atoms with van der Waals surface area (Å²) in [7, 11) is 0. The Bertz CT molecular complexity index is 957. The maximum atomic E-state index is 15.7. The van der Waals surface area contributed by atoms with E-state index >= 15 is 4.39 Å². The van der Waals surface area contributed by atoms with Gasteiger partial charge in [0.2, 0.25) is 0 Å². The zero-order valence-electron chi connectivity index (χ0n) is 22.7. The van der Waals surface area contributed by atoms with Crippen LogP contribution in [0.3, 0.4) is 0 Å². The van der Waals surface area contributed by atoms with Crippen molar-refractivity contribution in [3.63, 3.8) is 0 Å². The predicted molar refractivity (Wildman–Crippen MR) is 135 cm³/mol. The van der Waals surface area contributed by atoms with E-state index in [4.69, 9.17) is 9.90 Å². The van der Waals surface area contributed by atoms with Gasteiger partial charge in [0, 0.05) is 25.6 Å². The summed E-state index contributed by atoms with van der Waals surface area (Å²) >= 11 is 0. The Labute approximate surface area is 229 Å². The number of carboxylic acid groups (broad SMARTS) is 2. The van der Waals surface area contributed by atoms with Crippen LogP contribution >= 0.6 is 0 Å². The molecule has 2 fully saturated rings. The molecule has 0 saturated heterocycles. The van der Waals surface area contributed by atoms with Crippen LogP contribution in [0.5, 0.6) is 0 Å². The molecule has 1 aromatic rings. The molecule has 0 unspecified atom stereocenters. The summed E-state index contributed by atoms with van der Waals surface area (Å²) in [5, 5.41) is 16.4. The van der Waals surface area contributed by atoms with Gasteiger partial charge in [0.1, 0.15) is 5.67 Å². The summed E-state index contributed by atoms with van der Waals surface area (Å²) in [5.41, 5.74) is -1.13. The Hall–Kier alpha value is -2.37. The molecule has 2 N–H and O–H groups in total. The van der Waals surface area contributed by atoms with E-state index in [1.165, 1.54) is 12.1 Å². The molecule has 0 bridgehead atoms. The quantitative estimate of drug-likeness (QED) is 0.306. The average Bonchev–Trinajstić information content (AvgIpc) is 2.82. The summed E-state index contributed by atoms with van der Waals surface area (Å²) in [5.74, 6) is -3.43. The first-order valence-corrected chi connectivity index (χ1v) is 13.5.